The molecule has 1 aliphatic heterocycles. The number of halogens is 2. The summed E-state index contributed by atoms with van der Waals surface area (Å²) in [4.78, 5) is 9.49. The van der Waals surface area contributed by atoms with Gasteiger partial charge in [0.1, 0.15) is 0 Å². The smallest absolute Gasteiger partial charge is 0.194 e. The Labute approximate surface area is 179 Å². The Morgan fingerprint density at radius 3 is 2.85 bits per heavy atom. The fraction of sp³-hybridized carbons (Fsp3) is 0.722. The number of aliphatic imine (C=N–C) groups is 1. The minimum atomic E-state index is 0. The van der Waals surface area contributed by atoms with Gasteiger partial charge in [-0.1, -0.05) is 11.6 Å². The highest BCUT2D eigenvalue weighted by molar-refractivity contribution is 14.0. The zero-order chi connectivity index (χ0) is 18.4. The van der Waals surface area contributed by atoms with Crippen molar-refractivity contribution < 1.29 is 4.74 Å². The van der Waals surface area contributed by atoms with Crippen LogP contribution in [0.1, 0.15) is 26.5 Å². The molecular formula is C18H33ClIN5O. The first-order chi connectivity index (χ1) is 11.9. The van der Waals surface area contributed by atoms with Gasteiger partial charge in [0.25, 0.3) is 0 Å². The first-order valence-electron chi connectivity index (χ1n) is 9.06. The van der Waals surface area contributed by atoms with E-state index in [2.05, 4.69) is 47.5 Å². The summed E-state index contributed by atoms with van der Waals surface area (Å²) < 4.78 is 7.59. The summed E-state index contributed by atoms with van der Waals surface area (Å²) in [5, 5.41) is 4.16. The van der Waals surface area contributed by atoms with Gasteiger partial charge < -0.3 is 19.5 Å². The minimum Gasteiger partial charge on any atom is -0.379 e. The van der Waals surface area contributed by atoms with Crippen molar-refractivity contribution in [1.29, 1.82) is 0 Å². The molecule has 1 aromatic rings. The maximum atomic E-state index is 6.09. The third-order valence-electron chi connectivity index (χ3n) is 4.66. The number of guanidine groups is 1. The molecule has 8 heteroatoms. The Kier molecular flexibility index (Phi) is 10.3. The number of rotatable bonds is 6. The van der Waals surface area contributed by atoms with Crippen LogP contribution < -0.4 is 5.32 Å². The molecule has 6 nitrogen and oxygen atoms in total. The van der Waals surface area contributed by atoms with E-state index in [1.165, 1.54) is 0 Å². The first kappa shape index (κ1) is 23.5. The topological polar surface area (TPSA) is 45.0 Å². The molecule has 0 amide bonds. The SMILES string of the molecule is CCNC(=NCC(C)N1CCOCC1C)N(C)Cc1cc(Cl)cn1C.I. The molecule has 2 heterocycles. The molecule has 0 bridgehead atoms. The summed E-state index contributed by atoms with van der Waals surface area (Å²) in [7, 11) is 4.07. The summed E-state index contributed by atoms with van der Waals surface area (Å²) in [6.07, 6.45) is 1.93. The van der Waals surface area contributed by atoms with Gasteiger partial charge in [0.15, 0.2) is 5.96 Å². The van der Waals surface area contributed by atoms with Gasteiger partial charge in [0, 0.05) is 51.2 Å². The zero-order valence-corrected chi connectivity index (χ0v) is 19.6. The second-order valence-corrected chi connectivity index (χ2v) is 7.26. The molecule has 2 unspecified atom stereocenters. The van der Waals surface area contributed by atoms with Crippen LogP contribution in [0.5, 0.6) is 0 Å². The fourth-order valence-electron chi connectivity index (χ4n) is 3.23. The Hall–Kier alpha value is -0.510. The van der Waals surface area contributed by atoms with Crippen molar-refractivity contribution in [3.63, 3.8) is 0 Å². The number of nitrogens with one attached hydrogen (secondary N) is 1. The van der Waals surface area contributed by atoms with Crippen LogP contribution in [-0.4, -0.2) is 72.3 Å². The Morgan fingerprint density at radius 2 is 2.27 bits per heavy atom. The van der Waals surface area contributed by atoms with Crippen LogP contribution in [0.15, 0.2) is 17.3 Å². The zero-order valence-electron chi connectivity index (χ0n) is 16.5. The average molecular weight is 498 g/mol. The number of ether oxygens (including phenoxy) is 1. The molecule has 1 N–H and O–H groups in total. The molecular weight excluding hydrogens is 465 g/mol. The van der Waals surface area contributed by atoms with Gasteiger partial charge in [-0.05, 0) is 26.8 Å². The summed E-state index contributed by atoms with van der Waals surface area (Å²) in [6, 6.07) is 2.84. The van der Waals surface area contributed by atoms with Crippen molar-refractivity contribution in [3.8, 4) is 0 Å². The summed E-state index contributed by atoms with van der Waals surface area (Å²) in [5.41, 5.74) is 1.16. The van der Waals surface area contributed by atoms with Gasteiger partial charge in [-0.2, -0.15) is 0 Å². The third-order valence-corrected chi connectivity index (χ3v) is 4.87. The van der Waals surface area contributed by atoms with Crippen molar-refractivity contribution in [3.05, 3.63) is 23.0 Å². The van der Waals surface area contributed by atoms with E-state index in [4.69, 9.17) is 21.3 Å². The normalized spacial score (nSPS) is 19.8. The van der Waals surface area contributed by atoms with E-state index in [0.29, 0.717) is 12.1 Å². The number of aromatic nitrogens is 1. The molecule has 0 saturated carbocycles. The molecule has 26 heavy (non-hydrogen) atoms. The highest BCUT2D eigenvalue weighted by atomic mass is 127. The average Bonchev–Trinajstić information content (AvgIpc) is 2.88. The van der Waals surface area contributed by atoms with E-state index in [-0.39, 0.29) is 24.0 Å². The van der Waals surface area contributed by atoms with E-state index in [1.807, 2.05) is 19.3 Å². The number of aryl methyl sites for hydroxylation is 1. The van der Waals surface area contributed by atoms with Crippen LogP contribution in [0.2, 0.25) is 5.02 Å². The highest BCUT2D eigenvalue weighted by Crippen LogP contribution is 2.14. The van der Waals surface area contributed by atoms with E-state index >= 15 is 0 Å². The van der Waals surface area contributed by atoms with Crippen molar-refractivity contribution in [2.75, 3.05) is 39.9 Å². The Bertz CT molecular complexity index is 580. The van der Waals surface area contributed by atoms with Gasteiger partial charge in [-0.25, -0.2) is 0 Å². The van der Waals surface area contributed by atoms with Crippen LogP contribution in [-0.2, 0) is 18.3 Å². The number of hydrogen-bond donors (Lipinski definition) is 1. The quantitative estimate of drug-likeness (QED) is 0.373. The minimum absolute atomic E-state index is 0. The van der Waals surface area contributed by atoms with Gasteiger partial charge in [-0.15, -0.1) is 24.0 Å². The van der Waals surface area contributed by atoms with Crippen LogP contribution in [0.3, 0.4) is 0 Å². The summed E-state index contributed by atoms with van der Waals surface area (Å²) >= 11 is 6.09. The third kappa shape index (κ3) is 6.58. The maximum Gasteiger partial charge on any atom is 0.194 e. The van der Waals surface area contributed by atoms with E-state index in [9.17, 15) is 0 Å². The molecule has 2 atom stereocenters. The lowest BCUT2D eigenvalue weighted by Crippen LogP contribution is -2.49. The first-order valence-corrected chi connectivity index (χ1v) is 9.43. The molecule has 0 spiro atoms. The number of morpholine rings is 1. The lowest BCUT2D eigenvalue weighted by Gasteiger charge is -2.37. The number of hydrogen-bond acceptors (Lipinski definition) is 3. The lowest BCUT2D eigenvalue weighted by atomic mass is 10.2. The molecule has 1 aromatic heterocycles. The van der Waals surface area contributed by atoms with E-state index in [0.717, 1.165) is 56.1 Å². The van der Waals surface area contributed by atoms with E-state index < -0.39 is 0 Å². The van der Waals surface area contributed by atoms with E-state index in [1.54, 1.807) is 0 Å². The molecule has 150 valence electrons. The van der Waals surface area contributed by atoms with Gasteiger partial charge >= 0.3 is 0 Å². The van der Waals surface area contributed by atoms with Crippen LogP contribution in [0.4, 0.5) is 0 Å². The van der Waals surface area contributed by atoms with Gasteiger partial charge in [0.2, 0.25) is 0 Å². The lowest BCUT2D eigenvalue weighted by molar-refractivity contribution is -0.0166. The monoisotopic (exact) mass is 497 g/mol. The van der Waals surface area contributed by atoms with Crippen LogP contribution >= 0.6 is 35.6 Å². The predicted molar refractivity (Wildman–Crippen MR) is 120 cm³/mol. The van der Waals surface area contributed by atoms with Gasteiger partial charge in [-0.3, -0.25) is 9.89 Å². The summed E-state index contributed by atoms with van der Waals surface area (Å²) in [6.45, 7) is 11.5. The highest BCUT2D eigenvalue weighted by Gasteiger charge is 2.23. The second kappa shape index (κ2) is 11.4. The summed E-state index contributed by atoms with van der Waals surface area (Å²) in [5.74, 6) is 0.924. The second-order valence-electron chi connectivity index (χ2n) is 6.82. The predicted octanol–water partition coefficient (Wildman–Crippen LogP) is 2.80. The van der Waals surface area contributed by atoms with Crippen LogP contribution in [0, 0.1) is 0 Å². The van der Waals surface area contributed by atoms with Crippen LogP contribution in [0.25, 0.3) is 0 Å². The molecule has 2 rings (SSSR count). The standard InChI is InChI=1S/C18H32ClN5O.HI/c1-6-20-18(23(5)12-17-9-16(19)11-22(17)4)21-10-14(2)24-7-8-25-13-15(24)3;/h9,11,14-15H,6-8,10,12-13H2,1-5H3,(H,20,21);1H. The number of nitrogens with zero attached hydrogens (tertiary/aromatic N) is 4. The Morgan fingerprint density at radius 1 is 1.54 bits per heavy atom. The van der Waals surface area contributed by atoms with Crippen molar-refractivity contribution >= 4 is 41.5 Å². The molecule has 0 aliphatic carbocycles. The van der Waals surface area contributed by atoms with Crippen molar-refractivity contribution in [2.45, 2.75) is 39.4 Å². The van der Waals surface area contributed by atoms with Crippen molar-refractivity contribution in [1.82, 2.24) is 19.7 Å². The molecule has 1 fully saturated rings. The van der Waals surface area contributed by atoms with Gasteiger partial charge in [0.05, 0.1) is 31.3 Å². The molecule has 1 aliphatic rings. The van der Waals surface area contributed by atoms with Crippen molar-refractivity contribution in [2.24, 2.45) is 12.0 Å². The fourth-order valence-corrected chi connectivity index (χ4v) is 3.50. The molecule has 0 aromatic carbocycles. The molecule has 1 saturated heterocycles. The largest absolute Gasteiger partial charge is 0.379 e. The maximum absolute atomic E-state index is 6.09. The molecule has 0 radical (unpaired) electrons. The Balaban J connectivity index is 0.00000338.